The molecule has 1 aromatic heterocycles. The number of methoxy groups -OCH3 is 2. The van der Waals surface area contributed by atoms with Crippen molar-refractivity contribution in [2.75, 3.05) is 63.1 Å². The Morgan fingerprint density at radius 1 is 1.16 bits per heavy atom. The molecule has 0 bridgehead atoms. The third-order valence-corrected chi connectivity index (χ3v) is 6.34. The van der Waals surface area contributed by atoms with Crippen LogP contribution < -0.4 is 19.7 Å². The lowest BCUT2D eigenvalue weighted by Crippen LogP contribution is -2.38. The minimum Gasteiger partial charge on any atom is -0.497 e. The molecule has 2 aliphatic heterocycles. The maximum absolute atomic E-state index is 12.6. The van der Waals surface area contributed by atoms with Crippen molar-refractivity contribution in [2.45, 2.75) is 30.6 Å². The quantitative estimate of drug-likeness (QED) is 0.560. The van der Waals surface area contributed by atoms with E-state index in [1.807, 2.05) is 0 Å². The van der Waals surface area contributed by atoms with Gasteiger partial charge in [-0.15, -0.1) is 10.2 Å². The first-order valence-electron chi connectivity index (χ1n) is 10.7. The number of anilines is 2. The van der Waals surface area contributed by atoms with Gasteiger partial charge in [0.05, 0.1) is 45.8 Å². The Kier molecular flexibility index (Phi) is 7.72. The van der Waals surface area contributed by atoms with Gasteiger partial charge in [0.1, 0.15) is 11.5 Å². The normalized spacial score (nSPS) is 18.6. The summed E-state index contributed by atoms with van der Waals surface area (Å²) in [5.74, 6) is 2.08. The summed E-state index contributed by atoms with van der Waals surface area (Å²) in [6.07, 6.45) is 2.22. The van der Waals surface area contributed by atoms with Crippen molar-refractivity contribution in [3.63, 3.8) is 0 Å². The van der Waals surface area contributed by atoms with Gasteiger partial charge in [0.2, 0.25) is 11.9 Å². The summed E-state index contributed by atoms with van der Waals surface area (Å²) in [6.45, 7) is 4.34. The van der Waals surface area contributed by atoms with Gasteiger partial charge in [-0.05, 0) is 12.8 Å². The summed E-state index contributed by atoms with van der Waals surface area (Å²) in [5, 5.41) is 12.4. The van der Waals surface area contributed by atoms with Crippen LogP contribution in [0, 0.1) is 0 Å². The third-order valence-electron chi connectivity index (χ3n) is 5.37. The molecule has 2 saturated heterocycles. The lowest BCUT2D eigenvalue weighted by molar-refractivity contribution is -0.113. The van der Waals surface area contributed by atoms with Crippen molar-refractivity contribution in [3.05, 3.63) is 18.2 Å². The first-order chi connectivity index (χ1) is 15.7. The average molecular weight is 464 g/mol. The number of hydrogen-bond acceptors (Lipinski definition) is 9. The van der Waals surface area contributed by atoms with Gasteiger partial charge in [0, 0.05) is 43.6 Å². The molecule has 11 heteroatoms. The van der Waals surface area contributed by atoms with Crippen LogP contribution in [-0.4, -0.2) is 79.7 Å². The number of benzene rings is 1. The van der Waals surface area contributed by atoms with Gasteiger partial charge in [0.15, 0.2) is 5.16 Å². The number of carbonyl (C=O) groups excluding carboxylic acids is 1. The molecule has 1 atom stereocenters. The minimum atomic E-state index is -0.148. The van der Waals surface area contributed by atoms with E-state index in [0.717, 1.165) is 38.5 Å². The fourth-order valence-electron chi connectivity index (χ4n) is 3.74. The van der Waals surface area contributed by atoms with E-state index in [0.29, 0.717) is 42.1 Å². The first kappa shape index (κ1) is 22.7. The molecule has 2 fully saturated rings. The predicted octanol–water partition coefficient (Wildman–Crippen LogP) is 2.04. The van der Waals surface area contributed by atoms with E-state index in [4.69, 9.17) is 18.9 Å². The Bertz CT molecular complexity index is 890. The van der Waals surface area contributed by atoms with Crippen molar-refractivity contribution < 1.29 is 23.7 Å². The summed E-state index contributed by atoms with van der Waals surface area (Å²) < 4.78 is 23.9. The van der Waals surface area contributed by atoms with E-state index in [-0.39, 0.29) is 17.8 Å². The van der Waals surface area contributed by atoms with E-state index in [2.05, 4.69) is 25.0 Å². The molecule has 1 amide bonds. The largest absolute Gasteiger partial charge is 0.497 e. The van der Waals surface area contributed by atoms with Gasteiger partial charge < -0.3 is 29.2 Å². The maximum Gasteiger partial charge on any atom is 0.234 e. The Labute approximate surface area is 191 Å². The molecule has 0 aliphatic carbocycles. The van der Waals surface area contributed by atoms with E-state index < -0.39 is 0 Å². The molecule has 3 heterocycles. The lowest BCUT2D eigenvalue weighted by Gasteiger charge is -2.28. The zero-order chi connectivity index (χ0) is 22.3. The van der Waals surface area contributed by atoms with Gasteiger partial charge in [-0.2, -0.15) is 0 Å². The highest BCUT2D eigenvalue weighted by Gasteiger charge is 2.25. The van der Waals surface area contributed by atoms with Crippen molar-refractivity contribution in [3.8, 4) is 11.5 Å². The van der Waals surface area contributed by atoms with Crippen molar-refractivity contribution >= 4 is 29.3 Å². The van der Waals surface area contributed by atoms with Crippen LogP contribution in [0.3, 0.4) is 0 Å². The molecule has 0 radical (unpaired) electrons. The summed E-state index contributed by atoms with van der Waals surface area (Å²) in [4.78, 5) is 14.8. The molecule has 32 heavy (non-hydrogen) atoms. The van der Waals surface area contributed by atoms with Crippen molar-refractivity contribution in [1.29, 1.82) is 0 Å². The molecule has 174 valence electrons. The van der Waals surface area contributed by atoms with Gasteiger partial charge in [-0.25, -0.2) is 0 Å². The second-order valence-corrected chi connectivity index (χ2v) is 8.51. The Morgan fingerprint density at radius 3 is 2.56 bits per heavy atom. The maximum atomic E-state index is 12.6. The van der Waals surface area contributed by atoms with Crippen LogP contribution in [0.4, 0.5) is 11.6 Å². The summed E-state index contributed by atoms with van der Waals surface area (Å²) >= 11 is 1.36. The second kappa shape index (κ2) is 10.9. The number of thioether (sulfide) groups is 1. The Morgan fingerprint density at radius 2 is 1.91 bits per heavy atom. The number of aromatic nitrogens is 3. The van der Waals surface area contributed by atoms with E-state index in [1.165, 1.54) is 11.8 Å². The highest BCUT2D eigenvalue weighted by atomic mass is 32.2. The summed E-state index contributed by atoms with van der Waals surface area (Å²) in [6, 6.07) is 5.26. The zero-order valence-corrected chi connectivity index (χ0v) is 19.2. The zero-order valence-electron chi connectivity index (χ0n) is 18.4. The molecule has 0 spiro atoms. The van der Waals surface area contributed by atoms with Gasteiger partial charge >= 0.3 is 0 Å². The molecular weight excluding hydrogens is 434 g/mol. The predicted molar refractivity (Wildman–Crippen MR) is 121 cm³/mol. The van der Waals surface area contributed by atoms with Crippen LogP contribution in [0.2, 0.25) is 0 Å². The molecule has 1 aromatic carbocycles. The molecule has 10 nitrogen and oxygen atoms in total. The SMILES string of the molecule is COc1cc(NC(=O)CSc2nnc(N3CCOCC3)n2CC2CCCO2)cc(OC)c1. The number of nitrogens with one attached hydrogen (secondary N) is 1. The van der Waals surface area contributed by atoms with Crippen LogP contribution in [0.5, 0.6) is 11.5 Å². The number of amides is 1. The van der Waals surface area contributed by atoms with Crippen LogP contribution in [0.15, 0.2) is 23.4 Å². The molecule has 2 aromatic rings. The molecule has 1 N–H and O–H groups in total. The van der Waals surface area contributed by atoms with E-state index in [9.17, 15) is 4.79 Å². The standard InChI is InChI=1S/C21H29N5O5S/c1-28-17-10-15(11-18(12-17)29-2)22-19(27)14-32-21-24-23-20(25-5-8-30-9-6-25)26(21)13-16-4-3-7-31-16/h10-12,16H,3-9,13-14H2,1-2H3,(H,22,27). The average Bonchev–Trinajstić information content (AvgIpc) is 3.48. The van der Waals surface area contributed by atoms with Crippen LogP contribution in [0.1, 0.15) is 12.8 Å². The fraction of sp³-hybridized carbons (Fsp3) is 0.571. The number of carbonyl (C=O) groups is 1. The van der Waals surface area contributed by atoms with Gasteiger partial charge in [-0.1, -0.05) is 11.8 Å². The molecule has 2 aliphatic rings. The van der Waals surface area contributed by atoms with Crippen LogP contribution in [0.25, 0.3) is 0 Å². The number of rotatable bonds is 9. The highest BCUT2D eigenvalue weighted by molar-refractivity contribution is 7.99. The van der Waals surface area contributed by atoms with Crippen LogP contribution >= 0.6 is 11.8 Å². The highest BCUT2D eigenvalue weighted by Crippen LogP contribution is 2.28. The number of hydrogen-bond donors (Lipinski definition) is 1. The topological polar surface area (TPSA) is 100.0 Å². The number of ether oxygens (including phenoxy) is 4. The van der Waals surface area contributed by atoms with Gasteiger partial charge in [0.25, 0.3) is 0 Å². The first-order valence-corrected chi connectivity index (χ1v) is 11.7. The molecule has 4 rings (SSSR count). The van der Waals surface area contributed by atoms with E-state index in [1.54, 1.807) is 32.4 Å². The minimum absolute atomic E-state index is 0.142. The fourth-order valence-corrected chi connectivity index (χ4v) is 4.49. The monoisotopic (exact) mass is 463 g/mol. The Hall–Kier alpha value is -2.50. The molecule has 0 saturated carbocycles. The summed E-state index contributed by atoms with van der Waals surface area (Å²) in [5.41, 5.74) is 0.613. The molecular formula is C21H29N5O5S. The van der Waals surface area contributed by atoms with Gasteiger partial charge in [-0.3, -0.25) is 9.36 Å². The van der Waals surface area contributed by atoms with Crippen LogP contribution in [-0.2, 0) is 20.8 Å². The number of morpholine rings is 1. The molecule has 1 unspecified atom stereocenters. The smallest absolute Gasteiger partial charge is 0.234 e. The van der Waals surface area contributed by atoms with Crippen molar-refractivity contribution in [1.82, 2.24) is 14.8 Å². The lowest BCUT2D eigenvalue weighted by atomic mass is 10.2. The van der Waals surface area contributed by atoms with Crippen molar-refractivity contribution in [2.24, 2.45) is 0 Å². The Balaban J connectivity index is 1.43. The number of nitrogens with zero attached hydrogens (tertiary/aromatic N) is 4. The third kappa shape index (κ3) is 5.64. The summed E-state index contributed by atoms with van der Waals surface area (Å²) in [7, 11) is 3.15. The second-order valence-electron chi connectivity index (χ2n) is 7.57. The van der Waals surface area contributed by atoms with E-state index >= 15 is 0 Å².